The minimum atomic E-state index is 0.703. The van der Waals surface area contributed by atoms with E-state index in [2.05, 4.69) is 17.2 Å². The van der Waals surface area contributed by atoms with Gasteiger partial charge in [0, 0.05) is 17.8 Å². The molecule has 0 bridgehead atoms. The maximum absolute atomic E-state index is 5.67. The second-order valence-electron chi connectivity index (χ2n) is 5.32. The number of rotatable bonds is 3. The summed E-state index contributed by atoms with van der Waals surface area (Å²) in [5.74, 6) is 3.34. The van der Waals surface area contributed by atoms with Gasteiger partial charge in [0.25, 0.3) is 0 Å². The molecule has 0 atom stereocenters. The van der Waals surface area contributed by atoms with Crippen LogP contribution in [0, 0.1) is 6.92 Å². The van der Waals surface area contributed by atoms with Crippen LogP contribution in [0.5, 0.6) is 0 Å². The number of hydrogen-bond donors (Lipinski definition) is 1. The summed E-state index contributed by atoms with van der Waals surface area (Å²) in [6.07, 6.45) is 5.84. The van der Waals surface area contributed by atoms with Crippen molar-refractivity contribution in [1.29, 1.82) is 0 Å². The first-order chi connectivity index (χ1) is 9.78. The molecule has 0 fully saturated rings. The number of nitrogens with zero attached hydrogens (tertiary/aromatic N) is 2. The molecule has 3 rings (SSSR count). The molecule has 20 heavy (non-hydrogen) atoms. The van der Waals surface area contributed by atoms with Gasteiger partial charge in [0.05, 0.1) is 0 Å². The van der Waals surface area contributed by atoms with Crippen LogP contribution in [0.1, 0.15) is 43.2 Å². The molecule has 0 aromatic carbocycles. The molecule has 2 aromatic rings. The van der Waals surface area contributed by atoms with Gasteiger partial charge in [-0.3, -0.25) is 0 Å². The molecular weight excluding hydrogens is 250 g/mol. The summed E-state index contributed by atoms with van der Waals surface area (Å²) in [5.41, 5.74) is 2.49. The van der Waals surface area contributed by atoms with E-state index in [9.17, 15) is 0 Å². The number of aryl methyl sites for hydroxylation is 2. The van der Waals surface area contributed by atoms with Crippen LogP contribution in [0.25, 0.3) is 11.6 Å². The second-order valence-corrected chi connectivity index (χ2v) is 5.32. The highest BCUT2D eigenvalue weighted by molar-refractivity contribution is 5.56. The lowest BCUT2D eigenvalue weighted by Gasteiger charge is -2.13. The number of anilines is 1. The maximum Gasteiger partial charge on any atom is 0.197 e. The first-order valence-electron chi connectivity index (χ1n) is 7.48. The van der Waals surface area contributed by atoms with E-state index in [1.165, 1.54) is 30.5 Å². The van der Waals surface area contributed by atoms with Gasteiger partial charge >= 0.3 is 0 Å². The fourth-order valence-corrected chi connectivity index (χ4v) is 2.75. The molecule has 2 heterocycles. The van der Waals surface area contributed by atoms with Gasteiger partial charge in [-0.15, -0.1) is 0 Å². The lowest BCUT2D eigenvalue weighted by Crippen LogP contribution is -2.09. The SMILES string of the molecule is CCNc1nc(-c2ccc(C)o2)nc2c1CCCCC2. The summed E-state index contributed by atoms with van der Waals surface area (Å²) in [6, 6.07) is 3.90. The smallest absolute Gasteiger partial charge is 0.197 e. The van der Waals surface area contributed by atoms with Crippen molar-refractivity contribution in [3.8, 4) is 11.6 Å². The molecule has 0 saturated heterocycles. The van der Waals surface area contributed by atoms with Crippen molar-refractivity contribution in [2.24, 2.45) is 0 Å². The lowest BCUT2D eigenvalue weighted by atomic mass is 10.1. The molecule has 1 aliphatic rings. The van der Waals surface area contributed by atoms with E-state index in [0.29, 0.717) is 5.82 Å². The predicted molar refractivity (Wildman–Crippen MR) is 79.9 cm³/mol. The van der Waals surface area contributed by atoms with E-state index in [1.54, 1.807) is 0 Å². The van der Waals surface area contributed by atoms with E-state index in [0.717, 1.165) is 36.7 Å². The minimum absolute atomic E-state index is 0.703. The molecule has 4 heteroatoms. The predicted octanol–water partition coefficient (Wildman–Crippen LogP) is 3.75. The number of furan rings is 1. The average molecular weight is 271 g/mol. The van der Waals surface area contributed by atoms with Crippen LogP contribution < -0.4 is 5.32 Å². The van der Waals surface area contributed by atoms with Crippen LogP contribution in [0.4, 0.5) is 5.82 Å². The van der Waals surface area contributed by atoms with Crippen molar-refractivity contribution in [3.63, 3.8) is 0 Å². The Hall–Kier alpha value is -1.84. The summed E-state index contributed by atoms with van der Waals surface area (Å²) in [6.45, 7) is 4.92. The number of nitrogens with one attached hydrogen (secondary N) is 1. The van der Waals surface area contributed by atoms with Gasteiger partial charge in [-0.25, -0.2) is 9.97 Å². The summed E-state index contributed by atoms with van der Waals surface area (Å²) in [4.78, 5) is 9.44. The quantitative estimate of drug-likeness (QED) is 0.864. The fourth-order valence-electron chi connectivity index (χ4n) is 2.75. The third kappa shape index (κ3) is 2.55. The first kappa shape index (κ1) is 13.2. The van der Waals surface area contributed by atoms with Gasteiger partial charge < -0.3 is 9.73 Å². The van der Waals surface area contributed by atoms with Gasteiger partial charge in [-0.1, -0.05) is 6.42 Å². The molecule has 0 spiro atoms. The Morgan fingerprint density at radius 3 is 2.75 bits per heavy atom. The molecule has 0 unspecified atom stereocenters. The van der Waals surface area contributed by atoms with Crippen LogP contribution in [0.2, 0.25) is 0 Å². The molecule has 1 N–H and O–H groups in total. The van der Waals surface area contributed by atoms with E-state index in [1.807, 2.05) is 19.1 Å². The van der Waals surface area contributed by atoms with Crippen molar-refractivity contribution in [3.05, 3.63) is 29.2 Å². The molecule has 0 aliphatic heterocycles. The van der Waals surface area contributed by atoms with Crippen LogP contribution in [-0.4, -0.2) is 16.5 Å². The van der Waals surface area contributed by atoms with Crippen molar-refractivity contribution >= 4 is 5.82 Å². The standard InChI is InChI=1S/C16H21N3O/c1-3-17-15-12-7-5-4-6-8-13(12)18-16(19-15)14-10-9-11(2)20-14/h9-10H,3-8H2,1-2H3,(H,17,18,19). The van der Waals surface area contributed by atoms with Gasteiger partial charge in [0.2, 0.25) is 0 Å². The monoisotopic (exact) mass is 271 g/mol. The van der Waals surface area contributed by atoms with Gasteiger partial charge in [0.15, 0.2) is 11.6 Å². The minimum Gasteiger partial charge on any atom is -0.458 e. The summed E-state index contributed by atoms with van der Waals surface area (Å²) in [7, 11) is 0. The topological polar surface area (TPSA) is 51.0 Å². The third-order valence-electron chi connectivity index (χ3n) is 3.74. The zero-order chi connectivity index (χ0) is 13.9. The number of fused-ring (bicyclic) bond motifs is 1. The Labute approximate surface area is 119 Å². The van der Waals surface area contributed by atoms with Crippen molar-refractivity contribution in [2.75, 3.05) is 11.9 Å². The molecule has 2 aromatic heterocycles. The van der Waals surface area contributed by atoms with Crippen LogP contribution in [0.3, 0.4) is 0 Å². The Morgan fingerprint density at radius 1 is 1.15 bits per heavy atom. The van der Waals surface area contributed by atoms with Crippen LogP contribution >= 0.6 is 0 Å². The van der Waals surface area contributed by atoms with Gasteiger partial charge in [-0.2, -0.15) is 0 Å². The second kappa shape index (κ2) is 5.65. The highest BCUT2D eigenvalue weighted by atomic mass is 16.3. The Kier molecular flexibility index (Phi) is 3.72. The van der Waals surface area contributed by atoms with E-state index in [-0.39, 0.29) is 0 Å². The molecule has 1 aliphatic carbocycles. The van der Waals surface area contributed by atoms with E-state index in [4.69, 9.17) is 9.40 Å². The molecule has 0 saturated carbocycles. The highest BCUT2D eigenvalue weighted by Crippen LogP contribution is 2.28. The molecular formula is C16H21N3O. The van der Waals surface area contributed by atoms with Gasteiger partial charge in [-0.05, 0) is 51.7 Å². The van der Waals surface area contributed by atoms with Crippen LogP contribution in [0.15, 0.2) is 16.5 Å². The van der Waals surface area contributed by atoms with Crippen LogP contribution in [-0.2, 0) is 12.8 Å². The number of hydrogen-bond acceptors (Lipinski definition) is 4. The molecule has 106 valence electrons. The Bertz CT molecular complexity index is 604. The Morgan fingerprint density at radius 2 is 2.00 bits per heavy atom. The van der Waals surface area contributed by atoms with E-state index >= 15 is 0 Å². The zero-order valence-electron chi connectivity index (χ0n) is 12.2. The van der Waals surface area contributed by atoms with E-state index < -0.39 is 0 Å². The Balaban J connectivity index is 2.08. The summed E-state index contributed by atoms with van der Waals surface area (Å²) >= 11 is 0. The molecule has 0 radical (unpaired) electrons. The molecule has 4 nitrogen and oxygen atoms in total. The number of aromatic nitrogens is 2. The van der Waals surface area contributed by atoms with Gasteiger partial charge in [0.1, 0.15) is 11.6 Å². The van der Waals surface area contributed by atoms with Crippen molar-refractivity contribution in [2.45, 2.75) is 46.0 Å². The normalized spacial score (nSPS) is 14.7. The van der Waals surface area contributed by atoms with Crippen molar-refractivity contribution in [1.82, 2.24) is 9.97 Å². The summed E-state index contributed by atoms with van der Waals surface area (Å²) in [5, 5.41) is 3.39. The fraction of sp³-hybridized carbons (Fsp3) is 0.500. The maximum atomic E-state index is 5.67. The first-order valence-corrected chi connectivity index (χ1v) is 7.48. The average Bonchev–Trinajstić information content (AvgIpc) is 2.73. The van der Waals surface area contributed by atoms with Crippen molar-refractivity contribution < 1.29 is 4.42 Å². The highest BCUT2D eigenvalue weighted by Gasteiger charge is 2.18. The zero-order valence-corrected chi connectivity index (χ0v) is 12.2. The lowest BCUT2D eigenvalue weighted by molar-refractivity contribution is 0.543. The molecule has 0 amide bonds. The summed E-state index contributed by atoms with van der Waals surface area (Å²) < 4.78 is 5.67. The third-order valence-corrected chi connectivity index (χ3v) is 3.74. The largest absolute Gasteiger partial charge is 0.458 e.